The first kappa shape index (κ1) is 13.7. The Morgan fingerprint density at radius 3 is 2.71 bits per heavy atom. The van der Waals surface area contributed by atoms with Gasteiger partial charge in [0.05, 0.1) is 22.5 Å². The molecule has 6 heteroatoms. The number of nitrogens with two attached hydrogens (primary N) is 1. The zero-order valence-corrected chi connectivity index (χ0v) is 11.7. The Morgan fingerprint density at radius 2 is 2.00 bits per heavy atom. The summed E-state index contributed by atoms with van der Waals surface area (Å²) in [6, 6.07) is 8.13. The summed E-state index contributed by atoms with van der Waals surface area (Å²) in [6.45, 7) is 0. The molecule has 0 atom stereocenters. The number of anilines is 1. The fourth-order valence-electron chi connectivity index (χ4n) is 2.21. The SMILES string of the molecule is Nc1onc(CCc2ccco2)c1-c1c(F)cccc1Cl. The van der Waals surface area contributed by atoms with Crippen molar-refractivity contribution in [2.24, 2.45) is 0 Å². The first-order chi connectivity index (χ1) is 10.2. The number of furan rings is 1. The molecule has 0 radical (unpaired) electrons. The van der Waals surface area contributed by atoms with Crippen molar-refractivity contribution in [1.82, 2.24) is 5.16 Å². The molecule has 0 unspecified atom stereocenters. The Balaban J connectivity index is 1.97. The molecular weight excluding hydrogens is 295 g/mol. The first-order valence-corrected chi connectivity index (χ1v) is 6.75. The van der Waals surface area contributed by atoms with Gasteiger partial charge in [-0.1, -0.05) is 22.8 Å². The molecule has 0 amide bonds. The maximum atomic E-state index is 14.1. The van der Waals surface area contributed by atoms with Crippen LogP contribution >= 0.6 is 11.6 Å². The van der Waals surface area contributed by atoms with E-state index in [9.17, 15) is 4.39 Å². The van der Waals surface area contributed by atoms with Gasteiger partial charge in [0.25, 0.3) is 0 Å². The molecule has 0 aliphatic carbocycles. The number of benzene rings is 1. The minimum Gasteiger partial charge on any atom is -0.469 e. The number of nitrogen functional groups attached to an aromatic ring is 1. The molecule has 2 N–H and O–H groups in total. The molecule has 0 aliphatic heterocycles. The lowest BCUT2D eigenvalue weighted by atomic mass is 10.0. The van der Waals surface area contributed by atoms with E-state index < -0.39 is 5.82 Å². The van der Waals surface area contributed by atoms with Crippen molar-refractivity contribution >= 4 is 17.5 Å². The fraction of sp³-hybridized carbons (Fsp3) is 0.133. The van der Waals surface area contributed by atoms with Crippen LogP contribution in [0.4, 0.5) is 10.3 Å². The molecule has 4 nitrogen and oxygen atoms in total. The molecule has 0 saturated heterocycles. The van der Waals surface area contributed by atoms with Gasteiger partial charge in [-0.25, -0.2) is 4.39 Å². The summed E-state index contributed by atoms with van der Waals surface area (Å²) in [5.74, 6) is 0.398. The van der Waals surface area contributed by atoms with Crippen LogP contribution in [0.5, 0.6) is 0 Å². The summed E-state index contributed by atoms with van der Waals surface area (Å²) in [6.07, 6.45) is 2.72. The molecule has 0 bridgehead atoms. The number of nitrogens with zero attached hydrogens (tertiary/aromatic N) is 1. The van der Waals surface area contributed by atoms with Crippen LogP contribution in [0, 0.1) is 5.82 Å². The summed E-state index contributed by atoms with van der Waals surface area (Å²) < 4.78 is 24.3. The highest BCUT2D eigenvalue weighted by Crippen LogP contribution is 2.37. The number of aromatic nitrogens is 1. The number of hydrogen-bond donors (Lipinski definition) is 1. The van der Waals surface area contributed by atoms with E-state index in [0.717, 1.165) is 5.76 Å². The van der Waals surface area contributed by atoms with Crippen LogP contribution in [0.3, 0.4) is 0 Å². The Kier molecular flexibility index (Phi) is 3.66. The van der Waals surface area contributed by atoms with Gasteiger partial charge in [0, 0.05) is 18.4 Å². The minimum absolute atomic E-state index is 0.0523. The zero-order chi connectivity index (χ0) is 14.8. The molecule has 3 rings (SSSR count). The molecule has 108 valence electrons. The number of rotatable bonds is 4. The molecule has 21 heavy (non-hydrogen) atoms. The minimum atomic E-state index is -0.461. The van der Waals surface area contributed by atoms with Crippen molar-refractivity contribution < 1.29 is 13.3 Å². The fourth-order valence-corrected chi connectivity index (χ4v) is 2.47. The van der Waals surface area contributed by atoms with Gasteiger partial charge >= 0.3 is 0 Å². The van der Waals surface area contributed by atoms with Crippen LogP contribution in [0.2, 0.25) is 5.02 Å². The monoisotopic (exact) mass is 306 g/mol. The Hall–Kier alpha value is -2.27. The lowest BCUT2D eigenvalue weighted by Crippen LogP contribution is -1.96. The van der Waals surface area contributed by atoms with Crippen molar-refractivity contribution in [2.45, 2.75) is 12.8 Å². The average molecular weight is 307 g/mol. The molecule has 0 saturated carbocycles. The molecule has 0 aliphatic rings. The summed E-state index contributed by atoms with van der Waals surface area (Å²) in [5.41, 5.74) is 6.96. The maximum absolute atomic E-state index is 14.1. The summed E-state index contributed by atoms with van der Waals surface area (Å²) in [7, 11) is 0. The predicted molar refractivity (Wildman–Crippen MR) is 77.4 cm³/mol. The van der Waals surface area contributed by atoms with Gasteiger partial charge in [0.2, 0.25) is 5.88 Å². The van der Waals surface area contributed by atoms with E-state index in [1.54, 1.807) is 18.4 Å². The lowest BCUT2D eigenvalue weighted by molar-refractivity contribution is 0.425. The van der Waals surface area contributed by atoms with Gasteiger partial charge in [0.15, 0.2) is 0 Å². The molecular formula is C15H12ClFN2O2. The van der Waals surface area contributed by atoms with Gasteiger partial charge < -0.3 is 14.7 Å². The second-order valence-corrected chi connectivity index (χ2v) is 4.95. The van der Waals surface area contributed by atoms with Crippen LogP contribution in [0.25, 0.3) is 11.1 Å². The molecule has 1 aromatic carbocycles. The summed E-state index contributed by atoms with van der Waals surface area (Å²) >= 11 is 6.08. The van der Waals surface area contributed by atoms with E-state index >= 15 is 0 Å². The van der Waals surface area contributed by atoms with Crippen molar-refractivity contribution in [3.8, 4) is 11.1 Å². The van der Waals surface area contributed by atoms with Crippen LogP contribution in [0.15, 0.2) is 45.5 Å². The van der Waals surface area contributed by atoms with Gasteiger partial charge in [-0.3, -0.25) is 0 Å². The standard InChI is InChI=1S/C15H12ClFN2O2/c16-10-4-1-5-11(17)13(10)14-12(19-21-15(14)18)7-6-9-3-2-8-20-9/h1-5,8H,6-7,18H2. The highest BCUT2D eigenvalue weighted by atomic mass is 35.5. The van der Waals surface area contributed by atoms with Crippen molar-refractivity contribution in [1.29, 1.82) is 0 Å². The maximum Gasteiger partial charge on any atom is 0.230 e. The molecule has 0 fully saturated rings. The Bertz CT molecular complexity index is 733. The summed E-state index contributed by atoms with van der Waals surface area (Å²) in [5, 5.41) is 4.17. The van der Waals surface area contributed by atoms with Crippen molar-refractivity contribution in [3.05, 3.63) is 58.9 Å². The lowest BCUT2D eigenvalue weighted by Gasteiger charge is -2.06. The average Bonchev–Trinajstić information content (AvgIpc) is 3.08. The van der Waals surface area contributed by atoms with Gasteiger partial charge in [-0.05, 0) is 24.3 Å². The van der Waals surface area contributed by atoms with E-state index in [1.165, 1.54) is 12.1 Å². The van der Waals surface area contributed by atoms with Crippen molar-refractivity contribution in [2.75, 3.05) is 5.73 Å². The highest BCUT2D eigenvalue weighted by molar-refractivity contribution is 6.33. The van der Waals surface area contributed by atoms with Gasteiger partial charge in [-0.15, -0.1) is 0 Å². The Labute approximate surface area is 125 Å². The second-order valence-electron chi connectivity index (χ2n) is 4.54. The number of hydrogen-bond acceptors (Lipinski definition) is 4. The predicted octanol–water partition coefficient (Wildman–Crippen LogP) is 4.09. The van der Waals surface area contributed by atoms with Crippen LogP contribution in [-0.4, -0.2) is 5.16 Å². The van der Waals surface area contributed by atoms with Crippen LogP contribution < -0.4 is 5.73 Å². The first-order valence-electron chi connectivity index (χ1n) is 6.37. The van der Waals surface area contributed by atoms with Gasteiger partial charge in [-0.2, -0.15) is 0 Å². The Morgan fingerprint density at radius 1 is 1.14 bits per heavy atom. The third-order valence-corrected chi connectivity index (χ3v) is 3.51. The highest BCUT2D eigenvalue weighted by Gasteiger charge is 2.21. The van der Waals surface area contributed by atoms with Crippen molar-refractivity contribution in [3.63, 3.8) is 0 Å². The third-order valence-electron chi connectivity index (χ3n) is 3.19. The molecule has 0 spiro atoms. The van der Waals surface area contributed by atoms with Gasteiger partial charge in [0.1, 0.15) is 11.6 Å². The smallest absolute Gasteiger partial charge is 0.230 e. The van der Waals surface area contributed by atoms with E-state index in [2.05, 4.69) is 5.16 Å². The van der Waals surface area contributed by atoms with E-state index in [4.69, 9.17) is 26.3 Å². The number of halogens is 2. The van der Waals surface area contributed by atoms with Crippen LogP contribution in [0.1, 0.15) is 11.5 Å². The van der Waals surface area contributed by atoms with E-state index in [0.29, 0.717) is 24.1 Å². The molecule has 3 aromatic rings. The van der Waals surface area contributed by atoms with E-state index in [-0.39, 0.29) is 16.5 Å². The molecule has 2 aromatic heterocycles. The quantitative estimate of drug-likeness (QED) is 0.788. The zero-order valence-electron chi connectivity index (χ0n) is 11.0. The largest absolute Gasteiger partial charge is 0.469 e. The normalized spacial score (nSPS) is 11.0. The number of aryl methyl sites for hydroxylation is 2. The van der Waals surface area contributed by atoms with Crippen LogP contribution in [-0.2, 0) is 12.8 Å². The third kappa shape index (κ3) is 2.64. The second kappa shape index (κ2) is 5.61. The topological polar surface area (TPSA) is 65.2 Å². The molecule has 2 heterocycles. The van der Waals surface area contributed by atoms with E-state index in [1.807, 2.05) is 6.07 Å². The summed E-state index contributed by atoms with van der Waals surface area (Å²) in [4.78, 5) is 0.